The fraction of sp³-hybridized carbons (Fsp3) is 0.222. The van der Waals surface area contributed by atoms with E-state index in [0.717, 1.165) is 22.3 Å². The summed E-state index contributed by atoms with van der Waals surface area (Å²) < 4.78 is 5.58. The second-order valence-electron chi connectivity index (χ2n) is 8.82. The van der Waals surface area contributed by atoms with Crippen molar-refractivity contribution in [1.82, 2.24) is 5.32 Å². The molecule has 2 amide bonds. The van der Waals surface area contributed by atoms with Gasteiger partial charge in [-0.05, 0) is 65.8 Å². The first kappa shape index (κ1) is 21.7. The van der Waals surface area contributed by atoms with Crippen molar-refractivity contribution in [2.24, 2.45) is 0 Å². The number of aliphatic carboxylic acids is 1. The van der Waals surface area contributed by atoms with Gasteiger partial charge in [0.25, 0.3) is 5.91 Å². The maximum atomic E-state index is 12.6. The maximum Gasteiger partial charge on any atom is 0.411 e. The molecule has 5 rings (SSSR count). The summed E-state index contributed by atoms with van der Waals surface area (Å²) in [5, 5.41) is 14.6. The molecule has 0 saturated heterocycles. The molecular weight excluding hydrogens is 432 g/mol. The van der Waals surface area contributed by atoms with Gasteiger partial charge in [-0.25, -0.2) is 9.59 Å². The summed E-state index contributed by atoms with van der Waals surface area (Å²) in [6.45, 7) is 1.97. The number of anilines is 1. The van der Waals surface area contributed by atoms with E-state index in [1.807, 2.05) is 24.3 Å². The molecule has 2 aliphatic carbocycles. The topological polar surface area (TPSA) is 105 Å². The average Bonchev–Trinajstić information content (AvgIpc) is 3.55. The van der Waals surface area contributed by atoms with Gasteiger partial charge < -0.3 is 15.2 Å². The SMILES string of the molecule is Cc1cc(C(=O)NC2(C(=O)O)CC2)ccc1NC(=O)OCC1c2ccccc2-c2ccccc21. The van der Waals surface area contributed by atoms with Gasteiger partial charge >= 0.3 is 12.1 Å². The Morgan fingerprint density at radius 1 is 0.971 bits per heavy atom. The highest BCUT2D eigenvalue weighted by Crippen LogP contribution is 2.44. The second-order valence-corrected chi connectivity index (χ2v) is 8.82. The Balaban J connectivity index is 1.23. The molecule has 0 bridgehead atoms. The molecule has 3 N–H and O–H groups in total. The number of benzene rings is 3. The number of hydrogen-bond donors (Lipinski definition) is 3. The molecule has 3 aromatic carbocycles. The van der Waals surface area contributed by atoms with E-state index in [0.29, 0.717) is 29.7 Å². The van der Waals surface area contributed by atoms with Crippen LogP contribution in [-0.2, 0) is 9.53 Å². The van der Waals surface area contributed by atoms with Crippen molar-refractivity contribution in [3.05, 3.63) is 89.0 Å². The number of amides is 2. The quantitative estimate of drug-likeness (QED) is 0.499. The molecule has 34 heavy (non-hydrogen) atoms. The molecule has 0 spiro atoms. The maximum absolute atomic E-state index is 12.6. The molecule has 0 aliphatic heterocycles. The summed E-state index contributed by atoms with van der Waals surface area (Å²) in [5.41, 5.74) is 4.97. The van der Waals surface area contributed by atoms with Crippen molar-refractivity contribution >= 4 is 23.7 Å². The predicted molar refractivity (Wildman–Crippen MR) is 127 cm³/mol. The molecule has 2 aliphatic rings. The Bertz CT molecular complexity index is 1270. The monoisotopic (exact) mass is 456 g/mol. The van der Waals surface area contributed by atoms with Crippen molar-refractivity contribution in [2.75, 3.05) is 11.9 Å². The zero-order valence-electron chi connectivity index (χ0n) is 18.6. The van der Waals surface area contributed by atoms with E-state index < -0.39 is 23.5 Å². The Morgan fingerprint density at radius 3 is 2.15 bits per heavy atom. The number of hydrogen-bond acceptors (Lipinski definition) is 4. The summed E-state index contributed by atoms with van der Waals surface area (Å²) in [6, 6.07) is 21.1. The molecule has 1 fully saturated rings. The van der Waals surface area contributed by atoms with Crippen LogP contribution in [0.15, 0.2) is 66.7 Å². The molecular formula is C27H24N2O5. The normalized spacial score (nSPS) is 15.1. The minimum atomic E-state index is -1.15. The van der Waals surface area contributed by atoms with Crippen LogP contribution in [0.3, 0.4) is 0 Å². The lowest BCUT2D eigenvalue weighted by Crippen LogP contribution is -2.43. The molecule has 0 radical (unpaired) electrons. The molecule has 0 atom stereocenters. The van der Waals surface area contributed by atoms with Gasteiger partial charge in [-0.2, -0.15) is 0 Å². The second kappa shape index (κ2) is 8.33. The van der Waals surface area contributed by atoms with E-state index in [1.54, 1.807) is 25.1 Å². The number of ether oxygens (including phenoxy) is 1. The first-order valence-electron chi connectivity index (χ1n) is 11.2. The van der Waals surface area contributed by atoms with Crippen LogP contribution in [0.5, 0.6) is 0 Å². The zero-order valence-corrected chi connectivity index (χ0v) is 18.6. The lowest BCUT2D eigenvalue weighted by Gasteiger charge is -2.16. The Hall–Kier alpha value is -4.13. The van der Waals surface area contributed by atoms with Crippen molar-refractivity contribution in [2.45, 2.75) is 31.2 Å². The zero-order chi connectivity index (χ0) is 23.9. The summed E-state index contributed by atoms with van der Waals surface area (Å²) in [6.07, 6.45) is 0.271. The smallest absolute Gasteiger partial charge is 0.411 e. The van der Waals surface area contributed by atoms with E-state index in [9.17, 15) is 19.5 Å². The number of rotatable bonds is 6. The number of carbonyl (C=O) groups excluding carboxylic acids is 2. The van der Waals surface area contributed by atoms with Crippen LogP contribution < -0.4 is 10.6 Å². The molecule has 172 valence electrons. The van der Waals surface area contributed by atoms with Gasteiger partial charge in [-0.1, -0.05) is 48.5 Å². The van der Waals surface area contributed by atoms with Gasteiger partial charge in [0.05, 0.1) is 0 Å². The molecule has 3 aromatic rings. The fourth-order valence-electron chi connectivity index (χ4n) is 4.50. The van der Waals surface area contributed by atoms with Crippen LogP contribution in [0.4, 0.5) is 10.5 Å². The number of carbonyl (C=O) groups is 3. The summed E-state index contributed by atoms with van der Waals surface area (Å²) >= 11 is 0. The third-order valence-corrected chi connectivity index (χ3v) is 6.58. The highest BCUT2D eigenvalue weighted by molar-refractivity contribution is 5.99. The van der Waals surface area contributed by atoms with E-state index >= 15 is 0 Å². The van der Waals surface area contributed by atoms with Gasteiger partial charge in [0, 0.05) is 17.2 Å². The summed E-state index contributed by atoms with van der Waals surface area (Å²) in [5.74, 6) is -1.50. The number of aryl methyl sites for hydroxylation is 1. The third kappa shape index (κ3) is 3.90. The van der Waals surface area contributed by atoms with Crippen LogP contribution in [0, 0.1) is 6.92 Å². The van der Waals surface area contributed by atoms with E-state index in [-0.39, 0.29) is 12.5 Å². The molecule has 0 unspecified atom stereocenters. The van der Waals surface area contributed by atoms with E-state index in [1.165, 1.54) is 0 Å². The van der Waals surface area contributed by atoms with Gasteiger partial charge in [0.15, 0.2) is 0 Å². The Kier molecular flexibility index (Phi) is 5.32. The number of nitrogens with one attached hydrogen (secondary N) is 2. The number of fused-ring (bicyclic) bond motifs is 3. The molecule has 7 nitrogen and oxygen atoms in total. The summed E-state index contributed by atoms with van der Waals surface area (Å²) in [7, 11) is 0. The van der Waals surface area contributed by atoms with Crippen molar-refractivity contribution in [1.29, 1.82) is 0 Å². The van der Waals surface area contributed by atoms with Crippen LogP contribution >= 0.6 is 0 Å². The summed E-state index contributed by atoms with van der Waals surface area (Å²) in [4.78, 5) is 36.3. The van der Waals surface area contributed by atoms with Gasteiger partial charge in [0.1, 0.15) is 12.1 Å². The lowest BCUT2D eigenvalue weighted by molar-refractivity contribution is -0.140. The minimum Gasteiger partial charge on any atom is -0.480 e. The first-order valence-corrected chi connectivity index (χ1v) is 11.2. The molecule has 0 aromatic heterocycles. The average molecular weight is 456 g/mol. The third-order valence-electron chi connectivity index (χ3n) is 6.58. The first-order chi connectivity index (χ1) is 16.4. The number of carboxylic acids is 1. The molecule has 7 heteroatoms. The van der Waals surface area contributed by atoms with Gasteiger partial charge in [0.2, 0.25) is 0 Å². The van der Waals surface area contributed by atoms with Crippen molar-refractivity contribution in [3.8, 4) is 11.1 Å². The van der Waals surface area contributed by atoms with Crippen LogP contribution in [0.2, 0.25) is 0 Å². The number of carboxylic acid groups (broad SMARTS) is 1. The predicted octanol–water partition coefficient (Wildman–Crippen LogP) is 4.70. The van der Waals surface area contributed by atoms with Crippen molar-refractivity contribution < 1.29 is 24.2 Å². The highest BCUT2D eigenvalue weighted by Gasteiger charge is 2.51. The van der Waals surface area contributed by atoms with Crippen LogP contribution in [0.25, 0.3) is 11.1 Å². The Morgan fingerprint density at radius 2 is 1.59 bits per heavy atom. The van der Waals surface area contributed by atoms with Gasteiger partial charge in [-0.3, -0.25) is 10.1 Å². The van der Waals surface area contributed by atoms with Gasteiger partial charge in [-0.15, -0.1) is 0 Å². The lowest BCUT2D eigenvalue weighted by atomic mass is 9.98. The Labute approximate surface area is 196 Å². The van der Waals surface area contributed by atoms with E-state index in [4.69, 9.17) is 4.74 Å². The van der Waals surface area contributed by atoms with Crippen molar-refractivity contribution in [3.63, 3.8) is 0 Å². The standard InChI is InChI=1S/C27H24N2O5/c1-16-14-17(24(30)29-27(12-13-27)25(31)32)10-11-23(16)28-26(33)34-15-22-20-8-4-2-6-18(20)19-7-3-5-9-21(19)22/h2-11,14,22H,12-13,15H2,1H3,(H,28,33)(H,29,30)(H,31,32). The molecule has 1 saturated carbocycles. The fourth-order valence-corrected chi connectivity index (χ4v) is 4.50. The van der Waals surface area contributed by atoms with E-state index in [2.05, 4.69) is 34.9 Å². The minimum absolute atomic E-state index is 0.0331. The molecule has 0 heterocycles. The van der Waals surface area contributed by atoms with Crippen LogP contribution in [0.1, 0.15) is 45.8 Å². The highest BCUT2D eigenvalue weighted by atomic mass is 16.5. The largest absolute Gasteiger partial charge is 0.480 e. The van der Waals surface area contributed by atoms with Crippen LogP contribution in [-0.4, -0.2) is 35.2 Å².